The second-order valence-electron chi connectivity index (χ2n) is 8.58. The highest BCUT2D eigenvalue weighted by molar-refractivity contribution is 6.31. The molecule has 0 atom stereocenters. The zero-order valence-electron chi connectivity index (χ0n) is 20.1. The summed E-state index contributed by atoms with van der Waals surface area (Å²) in [6.45, 7) is 0.937. The van der Waals surface area contributed by atoms with Crippen LogP contribution in [0.2, 0.25) is 5.02 Å². The van der Waals surface area contributed by atoms with Crippen LogP contribution in [0.5, 0.6) is 11.5 Å². The molecule has 192 valence electrons. The first-order chi connectivity index (χ1) is 17.4. The number of nitrogens with zero attached hydrogens (tertiary/aromatic N) is 2. The molecule has 1 aliphatic carbocycles. The van der Waals surface area contributed by atoms with Crippen LogP contribution >= 0.6 is 11.6 Å². The van der Waals surface area contributed by atoms with Crippen molar-refractivity contribution in [2.75, 3.05) is 32.6 Å². The average molecular weight is 518 g/mol. The summed E-state index contributed by atoms with van der Waals surface area (Å²) in [7, 11) is 2.94. The maximum absolute atomic E-state index is 14.5. The molecular weight excluding hydrogens is 489 g/mol. The molecular formula is C25H29ClFN5O4. The van der Waals surface area contributed by atoms with E-state index in [1.54, 1.807) is 31.4 Å². The Kier molecular flexibility index (Phi) is 8.07. The van der Waals surface area contributed by atoms with Crippen molar-refractivity contribution in [1.29, 1.82) is 0 Å². The summed E-state index contributed by atoms with van der Waals surface area (Å²) in [5.41, 5.74) is 5.65. The summed E-state index contributed by atoms with van der Waals surface area (Å²) in [4.78, 5) is 21.1. The number of fused-ring (bicyclic) bond motifs is 1. The second-order valence-corrected chi connectivity index (χ2v) is 8.98. The van der Waals surface area contributed by atoms with Gasteiger partial charge in [-0.15, -0.1) is 0 Å². The van der Waals surface area contributed by atoms with E-state index in [1.165, 1.54) is 19.5 Å². The Morgan fingerprint density at radius 3 is 2.69 bits per heavy atom. The highest BCUT2D eigenvalue weighted by Crippen LogP contribution is 2.38. The number of methoxy groups -OCH3 is 2. The Hall–Kier alpha value is -3.21. The van der Waals surface area contributed by atoms with E-state index >= 15 is 0 Å². The molecule has 2 aromatic carbocycles. The van der Waals surface area contributed by atoms with E-state index in [1.807, 2.05) is 0 Å². The first kappa shape index (κ1) is 25.9. The van der Waals surface area contributed by atoms with E-state index in [9.17, 15) is 9.18 Å². The van der Waals surface area contributed by atoms with E-state index in [0.29, 0.717) is 67.0 Å². The minimum atomic E-state index is -0.770. The number of anilines is 2. The van der Waals surface area contributed by atoms with Gasteiger partial charge in [0.15, 0.2) is 17.3 Å². The molecule has 4 rings (SSSR count). The maximum Gasteiger partial charge on any atom is 0.326 e. The lowest BCUT2D eigenvalue weighted by Crippen LogP contribution is -2.56. The number of aromatic nitrogens is 2. The molecule has 0 amide bonds. The van der Waals surface area contributed by atoms with Crippen LogP contribution in [0.4, 0.5) is 15.9 Å². The van der Waals surface area contributed by atoms with Crippen molar-refractivity contribution in [2.24, 2.45) is 5.73 Å². The van der Waals surface area contributed by atoms with Crippen LogP contribution in [-0.4, -0.2) is 54.9 Å². The first-order valence-electron chi connectivity index (χ1n) is 11.6. The standard InChI is InChI=1S/C25H29ClFN5O4/c1-34-20-13-19-16(23(30-14-29-19)32-18-5-3-4-17(26)22(18)27)12-21(20)36-15-6-8-25(9-7-15,24(33)35-2)31-11-10-28/h3-5,12-15,31H,6-11,28H2,1-2H3,(H,29,30,32). The lowest BCUT2D eigenvalue weighted by molar-refractivity contribution is -0.151. The number of halogens is 2. The Labute approximate surface area is 213 Å². The molecule has 1 fully saturated rings. The van der Waals surface area contributed by atoms with Gasteiger partial charge in [-0.25, -0.2) is 14.4 Å². The molecule has 1 heterocycles. The Balaban J connectivity index is 1.58. The molecule has 0 aliphatic heterocycles. The summed E-state index contributed by atoms with van der Waals surface area (Å²) in [6, 6.07) is 8.21. The van der Waals surface area contributed by atoms with Crippen LogP contribution in [0.1, 0.15) is 25.7 Å². The summed E-state index contributed by atoms with van der Waals surface area (Å²) in [5.74, 6) is 0.536. The fourth-order valence-corrected chi connectivity index (χ4v) is 4.66. The van der Waals surface area contributed by atoms with Gasteiger partial charge in [-0.2, -0.15) is 0 Å². The van der Waals surface area contributed by atoms with Crippen molar-refractivity contribution in [3.63, 3.8) is 0 Å². The minimum absolute atomic E-state index is 0.00494. The number of rotatable bonds is 9. The van der Waals surface area contributed by atoms with Crippen LogP contribution in [0.3, 0.4) is 0 Å². The molecule has 1 aromatic heterocycles. The highest BCUT2D eigenvalue weighted by atomic mass is 35.5. The predicted molar refractivity (Wildman–Crippen MR) is 135 cm³/mol. The lowest BCUT2D eigenvalue weighted by Gasteiger charge is -2.38. The molecule has 1 saturated carbocycles. The topological polar surface area (TPSA) is 121 Å². The van der Waals surface area contributed by atoms with E-state index in [4.69, 9.17) is 31.5 Å². The fraction of sp³-hybridized carbons (Fsp3) is 0.400. The lowest BCUT2D eigenvalue weighted by atomic mass is 9.80. The Morgan fingerprint density at radius 2 is 2.00 bits per heavy atom. The number of benzene rings is 2. The molecule has 1 aliphatic rings. The Morgan fingerprint density at radius 1 is 1.22 bits per heavy atom. The summed E-state index contributed by atoms with van der Waals surface area (Å²) in [6.07, 6.45) is 3.57. The number of carbonyl (C=O) groups excluding carboxylic acids is 1. The van der Waals surface area contributed by atoms with Crippen LogP contribution in [0.25, 0.3) is 10.9 Å². The largest absolute Gasteiger partial charge is 0.493 e. The first-order valence-corrected chi connectivity index (χ1v) is 12.0. The number of carbonyl (C=O) groups is 1. The van der Waals surface area contributed by atoms with Crippen LogP contribution in [0, 0.1) is 5.82 Å². The van der Waals surface area contributed by atoms with Gasteiger partial charge in [-0.05, 0) is 43.9 Å². The maximum atomic E-state index is 14.5. The van der Waals surface area contributed by atoms with Gasteiger partial charge >= 0.3 is 5.97 Å². The Bertz CT molecular complexity index is 1240. The number of hydrogen-bond donors (Lipinski definition) is 3. The monoisotopic (exact) mass is 517 g/mol. The van der Waals surface area contributed by atoms with Crippen molar-refractivity contribution < 1.29 is 23.4 Å². The number of nitrogens with two attached hydrogens (primary N) is 1. The highest BCUT2D eigenvalue weighted by Gasteiger charge is 2.43. The van der Waals surface area contributed by atoms with Gasteiger partial charge in [0.1, 0.15) is 17.7 Å². The van der Waals surface area contributed by atoms with Crippen LogP contribution in [-0.2, 0) is 9.53 Å². The number of ether oxygens (including phenoxy) is 3. The molecule has 3 aromatic rings. The van der Waals surface area contributed by atoms with Gasteiger partial charge in [0.05, 0.1) is 36.6 Å². The van der Waals surface area contributed by atoms with Crippen molar-refractivity contribution in [2.45, 2.75) is 37.3 Å². The zero-order valence-corrected chi connectivity index (χ0v) is 20.9. The third-order valence-electron chi connectivity index (χ3n) is 6.39. The zero-order chi connectivity index (χ0) is 25.7. The molecule has 0 spiro atoms. The molecule has 9 nitrogen and oxygen atoms in total. The smallest absolute Gasteiger partial charge is 0.326 e. The molecule has 0 unspecified atom stereocenters. The van der Waals surface area contributed by atoms with Gasteiger partial charge in [-0.3, -0.25) is 4.79 Å². The summed E-state index contributed by atoms with van der Waals surface area (Å²) >= 11 is 5.92. The quantitative estimate of drug-likeness (QED) is 0.362. The second kappa shape index (κ2) is 11.2. The normalized spacial score (nSPS) is 19.6. The molecule has 0 bridgehead atoms. The van der Waals surface area contributed by atoms with Crippen molar-refractivity contribution >= 4 is 40.0 Å². The van der Waals surface area contributed by atoms with Crippen molar-refractivity contribution in [3.05, 3.63) is 47.5 Å². The van der Waals surface area contributed by atoms with Crippen LogP contribution in [0.15, 0.2) is 36.7 Å². The summed E-state index contributed by atoms with van der Waals surface area (Å²) < 4.78 is 31.4. The average Bonchev–Trinajstić information content (AvgIpc) is 2.90. The van der Waals surface area contributed by atoms with Gasteiger partial charge in [0, 0.05) is 24.5 Å². The van der Waals surface area contributed by atoms with Gasteiger partial charge < -0.3 is 30.6 Å². The molecule has 4 N–H and O–H groups in total. The fourth-order valence-electron chi connectivity index (χ4n) is 4.48. The van der Waals surface area contributed by atoms with E-state index in [0.717, 1.165) is 0 Å². The number of hydrogen-bond acceptors (Lipinski definition) is 9. The predicted octanol–water partition coefficient (Wildman–Crippen LogP) is 3.96. The summed E-state index contributed by atoms with van der Waals surface area (Å²) in [5, 5.41) is 6.89. The van der Waals surface area contributed by atoms with Gasteiger partial charge in [-0.1, -0.05) is 17.7 Å². The minimum Gasteiger partial charge on any atom is -0.493 e. The molecule has 0 radical (unpaired) electrons. The SMILES string of the molecule is COC(=O)C1(NCCN)CCC(Oc2cc3c(Nc4cccc(Cl)c4F)ncnc3cc2OC)CC1. The molecule has 36 heavy (non-hydrogen) atoms. The van der Waals surface area contributed by atoms with Crippen molar-refractivity contribution in [3.8, 4) is 11.5 Å². The van der Waals surface area contributed by atoms with E-state index in [-0.39, 0.29) is 22.8 Å². The number of esters is 1. The van der Waals surface area contributed by atoms with E-state index < -0.39 is 11.4 Å². The van der Waals surface area contributed by atoms with Gasteiger partial charge in [0.25, 0.3) is 0 Å². The van der Waals surface area contributed by atoms with E-state index in [2.05, 4.69) is 20.6 Å². The van der Waals surface area contributed by atoms with Gasteiger partial charge in [0.2, 0.25) is 0 Å². The molecule has 11 heteroatoms. The third kappa shape index (κ3) is 5.30. The number of nitrogens with one attached hydrogen (secondary N) is 2. The van der Waals surface area contributed by atoms with Crippen molar-refractivity contribution in [1.82, 2.24) is 15.3 Å². The van der Waals surface area contributed by atoms with Crippen LogP contribution < -0.4 is 25.8 Å². The third-order valence-corrected chi connectivity index (χ3v) is 6.68. The molecule has 0 saturated heterocycles.